The molecular weight excluding hydrogens is 276 g/mol. The molecule has 1 saturated heterocycles. The van der Waals surface area contributed by atoms with Crippen LogP contribution in [-0.2, 0) is 6.42 Å². The fourth-order valence-electron chi connectivity index (χ4n) is 3.67. The van der Waals surface area contributed by atoms with Gasteiger partial charge in [0.15, 0.2) is 0 Å². The molecule has 0 amide bonds. The van der Waals surface area contributed by atoms with E-state index in [-0.39, 0.29) is 0 Å². The summed E-state index contributed by atoms with van der Waals surface area (Å²) in [5.74, 6) is 1.61. The Hall–Kier alpha value is -0.0900. The molecular formula is C15H23ClN2S. The number of hydrogen-bond acceptors (Lipinski definition) is 3. The average molecular weight is 299 g/mol. The van der Waals surface area contributed by atoms with Crippen LogP contribution in [0.4, 0.5) is 0 Å². The summed E-state index contributed by atoms with van der Waals surface area (Å²) in [7, 11) is 0. The molecule has 1 saturated carbocycles. The largest absolute Gasteiger partial charge is 0.327 e. The molecule has 3 rings (SSSR count). The molecule has 1 aromatic rings. The van der Waals surface area contributed by atoms with Gasteiger partial charge >= 0.3 is 0 Å². The minimum absolute atomic E-state index is 0.351. The lowest BCUT2D eigenvalue weighted by Crippen LogP contribution is -2.54. The lowest BCUT2D eigenvalue weighted by molar-refractivity contribution is 0.0403. The molecule has 0 bridgehead atoms. The van der Waals surface area contributed by atoms with Crippen LogP contribution in [0.15, 0.2) is 11.4 Å². The quantitative estimate of drug-likeness (QED) is 0.927. The van der Waals surface area contributed by atoms with Gasteiger partial charge in [-0.3, -0.25) is 4.90 Å². The van der Waals surface area contributed by atoms with Gasteiger partial charge in [0.1, 0.15) is 0 Å². The second-order valence-electron chi connectivity index (χ2n) is 6.51. The Morgan fingerprint density at radius 2 is 2.16 bits per heavy atom. The Bertz CT molecular complexity index is 428. The molecule has 0 radical (unpaired) electrons. The molecule has 2 atom stereocenters. The van der Waals surface area contributed by atoms with E-state index < -0.39 is 0 Å². The zero-order chi connectivity index (χ0) is 13.4. The summed E-state index contributed by atoms with van der Waals surface area (Å²) < 4.78 is 0.903. The number of halogens is 1. The maximum Gasteiger partial charge on any atom is 0.0931 e. The van der Waals surface area contributed by atoms with Gasteiger partial charge in [-0.05, 0) is 54.5 Å². The zero-order valence-electron chi connectivity index (χ0n) is 11.5. The summed E-state index contributed by atoms with van der Waals surface area (Å²) in [6.45, 7) is 4.67. The molecule has 2 unspecified atom stereocenters. The van der Waals surface area contributed by atoms with Gasteiger partial charge in [-0.2, -0.15) is 0 Å². The van der Waals surface area contributed by atoms with Gasteiger partial charge in [0.25, 0.3) is 0 Å². The highest BCUT2D eigenvalue weighted by Crippen LogP contribution is 2.34. The van der Waals surface area contributed by atoms with Crippen LogP contribution < -0.4 is 5.73 Å². The maximum atomic E-state index is 6.26. The second kappa shape index (κ2) is 5.72. The molecule has 2 nitrogen and oxygen atoms in total. The Morgan fingerprint density at radius 1 is 1.37 bits per heavy atom. The standard InChI is InChI=1S/C15H23ClN2S/c1-10-2-14(3-10)18-7-11(5-13(17)8-18)4-12-6-15(16)19-9-12/h6,9-11,13-14H,2-5,7-8,17H2,1H3. The first kappa shape index (κ1) is 13.9. The Labute approximate surface area is 124 Å². The van der Waals surface area contributed by atoms with Crippen LogP contribution in [0.25, 0.3) is 0 Å². The third-order valence-corrected chi connectivity index (χ3v) is 5.75. The van der Waals surface area contributed by atoms with E-state index in [1.54, 1.807) is 11.3 Å². The first-order valence-corrected chi connectivity index (χ1v) is 8.58. The minimum Gasteiger partial charge on any atom is -0.327 e. The number of nitrogens with zero attached hydrogens (tertiary/aromatic N) is 1. The number of hydrogen-bond donors (Lipinski definition) is 1. The predicted octanol–water partition coefficient (Wildman–Crippen LogP) is 3.39. The van der Waals surface area contributed by atoms with Crippen molar-refractivity contribution in [3.05, 3.63) is 21.3 Å². The van der Waals surface area contributed by atoms with E-state index in [9.17, 15) is 0 Å². The van der Waals surface area contributed by atoms with E-state index >= 15 is 0 Å². The highest BCUT2D eigenvalue weighted by molar-refractivity contribution is 7.14. The van der Waals surface area contributed by atoms with Gasteiger partial charge in [-0.25, -0.2) is 0 Å². The van der Waals surface area contributed by atoms with Crippen molar-refractivity contribution < 1.29 is 0 Å². The summed E-state index contributed by atoms with van der Waals surface area (Å²) in [5.41, 5.74) is 7.65. The molecule has 106 valence electrons. The van der Waals surface area contributed by atoms with Crippen molar-refractivity contribution in [3.63, 3.8) is 0 Å². The smallest absolute Gasteiger partial charge is 0.0931 e. The van der Waals surface area contributed by atoms with E-state index in [4.69, 9.17) is 17.3 Å². The lowest BCUT2D eigenvalue weighted by atomic mass is 9.78. The van der Waals surface area contributed by atoms with Crippen LogP contribution in [0, 0.1) is 11.8 Å². The summed E-state index contributed by atoms with van der Waals surface area (Å²) >= 11 is 7.65. The fourth-order valence-corrected chi connectivity index (χ4v) is 4.60. The molecule has 19 heavy (non-hydrogen) atoms. The minimum atomic E-state index is 0.351. The van der Waals surface area contributed by atoms with Gasteiger partial charge in [-0.1, -0.05) is 18.5 Å². The number of piperidine rings is 1. The van der Waals surface area contributed by atoms with E-state index in [2.05, 4.69) is 23.3 Å². The fraction of sp³-hybridized carbons (Fsp3) is 0.733. The molecule has 1 aromatic heterocycles. The third kappa shape index (κ3) is 3.33. The summed E-state index contributed by atoms with van der Waals surface area (Å²) in [4.78, 5) is 2.65. The maximum absolute atomic E-state index is 6.26. The predicted molar refractivity (Wildman–Crippen MR) is 82.9 cm³/mol. The zero-order valence-corrected chi connectivity index (χ0v) is 13.1. The van der Waals surface area contributed by atoms with Gasteiger partial charge < -0.3 is 5.73 Å². The topological polar surface area (TPSA) is 29.3 Å². The van der Waals surface area contributed by atoms with Crippen LogP contribution in [0.2, 0.25) is 4.34 Å². The molecule has 2 fully saturated rings. The van der Waals surface area contributed by atoms with E-state index in [0.717, 1.165) is 35.7 Å². The van der Waals surface area contributed by atoms with Crippen molar-refractivity contribution in [3.8, 4) is 0 Å². The van der Waals surface area contributed by atoms with Crippen LogP contribution in [0.5, 0.6) is 0 Å². The molecule has 0 aromatic carbocycles. The van der Waals surface area contributed by atoms with Crippen LogP contribution in [0.3, 0.4) is 0 Å². The Kier molecular flexibility index (Phi) is 4.18. The van der Waals surface area contributed by atoms with Gasteiger partial charge in [-0.15, -0.1) is 11.3 Å². The molecule has 0 spiro atoms. The third-order valence-electron chi connectivity index (χ3n) is 4.61. The van der Waals surface area contributed by atoms with Crippen LogP contribution in [0.1, 0.15) is 31.7 Å². The molecule has 1 aliphatic heterocycles. The molecule has 1 aliphatic carbocycles. The Morgan fingerprint density at radius 3 is 2.79 bits per heavy atom. The summed E-state index contributed by atoms with van der Waals surface area (Å²) in [6, 6.07) is 3.26. The average Bonchev–Trinajstić information content (AvgIpc) is 2.70. The van der Waals surface area contributed by atoms with Crippen LogP contribution in [-0.4, -0.2) is 30.1 Å². The number of thiophene rings is 1. The van der Waals surface area contributed by atoms with Crippen LogP contribution >= 0.6 is 22.9 Å². The van der Waals surface area contributed by atoms with Crippen molar-refractivity contribution in [2.24, 2.45) is 17.6 Å². The highest BCUT2D eigenvalue weighted by Gasteiger charge is 2.35. The molecule has 2 heterocycles. The van der Waals surface area contributed by atoms with Crippen molar-refractivity contribution in [1.82, 2.24) is 4.90 Å². The Balaban J connectivity index is 1.59. The number of likely N-dealkylation sites (tertiary alicyclic amines) is 1. The monoisotopic (exact) mass is 298 g/mol. The van der Waals surface area contributed by atoms with Crippen molar-refractivity contribution in [1.29, 1.82) is 0 Å². The van der Waals surface area contributed by atoms with E-state index in [1.807, 2.05) is 0 Å². The summed E-state index contributed by atoms with van der Waals surface area (Å²) in [5, 5.41) is 2.19. The first-order valence-electron chi connectivity index (χ1n) is 7.32. The number of nitrogens with two attached hydrogens (primary N) is 1. The van der Waals surface area contributed by atoms with E-state index in [1.165, 1.54) is 24.9 Å². The molecule has 2 aliphatic rings. The summed E-state index contributed by atoms with van der Waals surface area (Å²) in [6.07, 6.45) is 5.02. The van der Waals surface area contributed by atoms with Crippen molar-refractivity contribution in [2.45, 2.75) is 44.7 Å². The van der Waals surface area contributed by atoms with E-state index in [0.29, 0.717) is 12.0 Å². The van der Waals surface area contributed by atoms with Crippen molar-refractivity contribution in [2.75, 3.05) is 13.1 Å². The number of rotatable bonds is 3. The SMILES string of the molecule is CC1CC(N2CC(N)CC(Cc3csc(Cl)c3)C2)C1. The van der Waals surface area contributed by atoms with Gasteiger partial charge in [0.05, 0.1) is 4.34 Å². The van der Waals surface area contributed by atoms with Crippen molar-refractivity contribution >= 4 is 22.9 Å². The second-order valence-corrected chi connectivity index (χ2v) is 8.05. The van der Waals surface area contributed by atoms with Gasteiger partial charge in [0, 0.05) is 25.2 Å². The molecule has 4 heteroatoms. The normalized spacial score (nSPS) is 36.2. The molecule has 2 N–H and O–H groups in total. The highest BCUT2D eigenvalue weighted by atomic mass is 35.5. The first-order chi connectivity index (χ1) is 9.10. The van der Waals surface area contributed by atoms with Gasteiger partial charge in [0.2, 0.25) is 0 Å². The lowest BCUT2D eigenvalue weighted by Gasteiger charge is -2.47.